The topological polar surface area (TPSA) is 42.8 Å². The van der Waals surface area contributed by atoms with Crippen molar-refractivity contribution < 1.29 is 9.68 Å². The Bertz CT molecular complexity index is 1790. The normalized spacial score (nSPS) is 12.9. The van der Waals surface area contributed by atoms with Crippen LogP contribution in [0.15, 0.2) is 109 Å². The van der Waals surface area contributed by atoms with E-state index in [1.165, 1.54) is 5.39 Å². The molecule has 0 bridgehead atoms. The van der Waals surface area contributed by atoms with Crippen molar-refractivity contribution >= 4 is 38.9 Å². The van der Waals surface area contributed by atoms with Gasteiger partial charge in [-0.2, -0.15) is 5.06 Å². The minimum absolute atomic E-state index is 0.726. The van der Waals surface area contributed by atoms with Gasteiger partial charge in [-0.3, -0.25) is 4.57 Å². The molecule has 0 spiro atoms. The van der Waals surface area contributed by atoms with Gasteiger partial charge in [0.2, 0.25) is 0 Å². The van der Waals surface area contributed by atoms with Crippen molar-refractivity contribution in [3.05, 3.63) is 115 Å². The molecule has 1 aliphatic rings. The van der Waals surface area contributed by atoms with E-state index in [9.17, 15) is 0 Å². The molecule has 7 rings (SSSR count). The Kier molecular flexibility index (Phi) is 4.87. The first-order chi connectivity index (χ1) is 18.2. The van der Waals surface area contributed by atoms with Crippen molar-refractivity contribution in [2.24, 2.45) is 0 Å². The molecule has 0 amide bonds. The molecule has 0 atom stereocenters. The Morgan fingerprint density at radius 3 is 2.38 bits per heavy atom. The van der Waals surface area contributed by atoms with Crippen molar-refractivity contribution in [1.82, 2.24) is 9.55 Å². The lowest BCUT2D eigenvalue weighted by molar-refractivity contribution is 0.142. The predicted molar refractivity (Wildman–Crippen MR) is 148 cm³/mol. The molecule has 6 aromatic rings. The summed E-state index contributed by atoms with van der Waals surface area (Å²) in [5.41, 5.74) is 6.20. The SMILES string of the molecule is Cc1ccnc(-n2c3ccccc3c3ccc(Oc4cccc(N5ON(C)c6ccccc65)c4)cc32)c1. The smallest absolute Gasteiger partial charge is 0.137 e. The van der Waals surface area contributed by atoms with Crippen LogP contribution in [-0.4, -0.2) is 16.6 Å². The summed E-state index contributed by atoms with van der Waals surface area (Å²) in [6.45, 7) is 2.08. The summed E-state index contributed by atoms with van der Waals surface area (Å²) in [7, 11) is 1.90. The first-order valence-electron chi connectivity index (χ1n) is 12.2. The number of hydrogen-bond acceptors (Lipinski definition) is 5. The molecule has 37 heavy (non-hydrogen) atoms. The summed E-state index contributed by atoms with van der Waals surface area (Å²) in [6, 6.07) is 34.8. The number of hydroxylamine groups is 1. The average Bonchev–Trinajstić information content (AvgIpc) is 3.43. The Morgan fingerprint density at radius 2 is 1.49 bits per heavy atom. The fourth-order valence-electron chi connectivity index (χ4n) is 5.01. The standard InChI is InChI=1S/C31H24N4O2/c1-21-16-17-32-31(18-21)34-27-11-4-3-10-25(27)26-15-14-24(20-30(26)34)36-23-9-7-8-22(19-23)35-29-13-6-5-12-28(29)33(2)37-35/h3-20H,1-2H3. The van der Waals surface area contributed by atoms with E-state index in [4.69, 9.17) is 9.68 Å². The molecule has 6 nitrogen and oxygen atoms in total. The number of benzene rings is 4. The highest BCUT2D eigenvalue weighted by Crippen LogP contribution is 2.42. The van der Waals surface area contributed by atoms with Crippen molar-refractivity contribution in [3.63, 3.8) is 0 Å². The van der Waals surface area contributed by atoms with Gasteiger partial charge in [-0.15, -0.1) is 4.94 Å². The van der Waals surface area contributed by atoms with Gasteiger partial charge in [-0.1, -0.05) is 36.4 Å². The molecule has 0 N–H and O–H groups in total. The molecule has 2 aromatic heterocycles. The molecule has 1 aliphatic heterocycles. The van der Waals surface area contributed by atoms with Crippen LogP contribution in [0.3, 0.4) is 0 Å². The molecule has 0 fully saturated rings. The molecule has 180 valence electrons. The zero-order valence-corrected chi connectivity index (χ0v) is 20.5. The Balaban J connectivity index is 1.29. The maximum atomic E-state index is 6.38. The highest BCUT2D eigenvalue weighted by Gasteiger charge is 2.26. The zero-order chi connectivity index (χ0) is 24.9. The van der Waals surface area contributed by atoms with Crippen LogP contribution in [0, 0.1) is 6.92 Å². The maximum Gasteiger partial charge on any atom is 0.137 e. The highest BCUT2D eigenvalue weighted by atomic mass is 16.8. The quantitative estimate of drug-likeness (QED) is 0.256. The minimum atomic E-state index is 0.726. The number of rotatable bonds is 4. The summed E-state index contributed by atoms with van der Waals surface area (Å²) in [4.78, 5) is 10.7. The van der Waals surface area contributed by atoms with E-state index in [0.29, 0.717) is 0 Å². The van der Waals surface area contributed by atoms with Crippen LogP contribution in [-0.2, 0) is 4.94 Å². The van der Waals surface area contributed by atoms with E-state index >= 15 is 0 Å². The van der Waals surface area contributed by atoms with E-state index in [1.54, 1.807) is 5.06 Å². The summed E-state index contributed by atoms with van der Waals surface area (Å²) >= 11 is 0. The lowest BCUT2D eigenvalue weighted by Crippen LogP contribution is -2.20. The van der Waals surface area contributed by atoms with Crippen LogP contribution in [0.5, 0.6) is 11.5 Å². The molecule has 0 radical (unpaired) electrons. The largest absolute Gasteiger partial charge is 0.457 e. The molecule has 4 aromatic carbocycles. The number of para-hydroxylation sites is 3. The number of ether oxygens (including phenoxy) is 1. The lowest BCUT2D eigenvalue weighted by Gasteiger charge is -2.18. The highest BCUT2D eigenvalue weighted by molar-refractivity contribution is 6.09. The summed E-state index contributed by atoms with van der Waals surface area (Å²) < 4.78 is 8.58. The van der Waals surface area contributed by atoms with Crippen molar-refractivity contribution in [2.45, 2.75) is 6.92 Å². The van der Waals surface area contributed by atoms with Crippen molar-refractivity contribution in [3.8, 4) is 17.3 Å². The molecule has 3 heterocycles. The van der Waals surface area contributed by atoms with Gasteiger partial charge in [0.1, 0.15) is 17.3 Å². The molecular formula is C31H24N4O2. The van der Waals surface area contributed by atoms with Crippen LogP contribution < -0.4 is 14.9 Å². The van der Waals surface area contributed by atoms with Gasteiger partial charge in [0, 0.05) is 36.1 Å². The number of aryl methyl sites for hydroxylation is 1. The van der Waals surface area contributed by atoms with E-state index in [-0.39, 0.29) is 0 Å². The van der Waals surface area contributed by atoms with E-state index in [1.807, 2.05) is 79.0 Å². The fourth-order valence-corrected chi connectivity index (χ4v) is 5.01. The van der Waals surface area contributed by atoms with E-state index < -0.39 is 0 Å². The van der Waals surface area contributed by atoms with Crippen LogP contribution >= 0.6 is 0 Å². The molecule has 0 unspecified atom stereocenters. The van der Waals surface area contributed by atoms with E-state index in [2.05, 4.69) is 58.9 Å². The van der Waals surface area contributed by atoms with Crippen LogP contribution in [0.25, 0.3) is 27.6 Å². The van der Waals surface area contributed by atoms with Crippen molar-refractivity contribution in [2.75, 3.05) is 17.2 Å². The molecule has 0 saturated carbocycles. The first kappa shape index (κ1) is 21.5. The van der Waals surface area contributed by atoms with Crippen LogP contribution in [0.1, 0.15) is 5.56 Å². The number of aromatic nitrogens is 2. The van der Waals surface area contributed by atoms with Gasteiger partial charge in [-0.25, -0.2) is 10.0 Å². The minimum Gasteiger partial charge on any atom is -0.457 e. The number of fused-ring (bicyclic) bond motifs is 4. The number of hydrogen-bond donors (Lipinski definition) is 0. The third-order valence-electron chi connectivity index (χ3n) is 6.71. The maximum absolute atomic E-state index is 6.38. The number of anilines is 3. The molecular weight excluding hydrogens is 460 g/mol. The molecule has 0 aliphatic carbocycles. The molecule has 6 heteroatoms. The second-order valence-corrected chi connectivity index (χ2v) is 9.18. The lowest BCUT2D eigenvalue weighted by atomic mass is 10.1. The first-order valence-corrected chi connectivity index (χ1v) is 12.2. The Hall–Kier alpha value is -4.81. The third-order valence-corrected chi connectivity index (χ3v) is 6.71. The monoisotopic (exact) mass is 484 g/mol. The van der Waals surface area contributed by atoms with Gasteiger partial charge in [0.15, 0.2) is 0 Å². The van der Waals surface area contributed by atoms with E-state index in [0.717, 1.165) is 56.4 Å². The van der Waals surface area contributed by atoms with Gasteiger partial charge in [0.05, 0.1) is 28.1 Å². The fraction of sp³-hybridized carbons (Fsp3) is 0.0645. The summed E-state index contributed by atoms with van der Waals surface area (Å²) in [5.74, 6) is 2.37. The number of pyridine rings is 1. The van der Waals surface area contributed by atoms with Crippen molar-refractivity contribution in [1.29, 1.82) is 0 Å². The average molecular weight is 485 g/mol. The Morgan fingerprint density at radius 1 is 0.703 bits per heavy atom. The summed E-state index contributed by atoms with van der Waals surface area (Å²) in [6.07, 6.45) is 1.85. The van der Waals surface area contributed by atoms with Gasteiger partial charge >= 0.3 is 0 Å². The molecule has 0 saturated heterocycles. The van der Waals surface area contributed by atoms with Crippen LogP contribution in [0.2, 0.25) is 0 Å². The second-order valence-electron chi connectivity index (χ2n) is 9.18. The predicted octanol–water partition coefficient (Wildman–Crippen LogP) is 7.71. The van der Waals surface area contributed by atoms with Crippen LogP contribution in [0.4, 0.5) is 17.1 Å². The number of nitrogens with zero attached hydrogens (tertiary/aromatic N) is 4. The third kappa shape index (κ3) is 3.58. The summed E-state index contributed by atoms with van der Waals surface area (Å²) in [5, 5.41) is 5.91. The van der Waals surface area contributed by atoms with Gasteiger partial charge < -0.3 is 4.74 Å². The van der Waals surface area contributed by atoms with Gasteiger partial charge in [0.25, 0.3) is 0 Å². The van der Waals surface area contributed by atoms with Gasteiger partial charge in [-0.05, 0) is 67.1 Å². The Labute approximate surface area is 214 Å². The zero-order valence-electron chi connectivity index (χ0n) is 20.5. The second kappa shape index (κ2) is 8.40.